The molecule has 150 valence electrons. The maximum absolute atomic E-state index is 13.2. The molecule has 1 aromatic carbocycles. The van der Waals surface area contributed by atoms with Crippen LogP contribution in [-0.2, 0) is 5.54 Å². The Bertz CT molecular complexity index is 1080. The van der Waals surface area contributed by atoms with E-state index in [-0.39, 0.29) is 11.4 Å². The van der Waals surface area contributed by atoms with Gasteiger partial charge in [-0.05, 0) is 63.7 Å². The van der Waals surface area contributed by atoms with Crippen LogP contribution in [-0.4, -0.2) is 58.9 Å². The molecule has 1 amide bonds. The molecular weight excluding hydrogens is 364 g/mol. The standard InChI is InChI=1S/C22H26N6O/c1-15-4-5-16(27-13-17(14-27)26(2)3)12-18(15)21(29)25-22(8-9-22)19-6-10-23-28-20(19)7-11-24-28/h4-7,10-12,17H,8-9,13-14H2,1-3H3,(H,25,29). The number of carbonyl (C=O) groups excluding carboxylic acids is 1. The van der Waals surface area contributed by atoms with Gasteiger partial charge >= 0.3 is 0 Å². The van der Waals surface area contributed by atoms with Gasteiger partial charge in [-0.3, -0.25) is 4.79 Å². The lowest BCUT2D eigenvalue weighted by Gasteiger charge is -2.44. The fourth-order valence-electron chi connectivity index (χ4n) is 4.16. The normalized spacial score (nSPS) is 18.1. The van der Waals surface area contributed by atoms with Crippen LogP contribution in [0.1, 0.15) is 34.3 Å². The topological polar surface area (TPSA) is 65.8 Å². The molecule has 3 heterocycles. The average Bonchev–Trinajstić information content (AvgIpc) is 3.26. The minimum absolute atomic E-state index is 0.0130. The highest BCUT2D eigenvalue weighted by Gasteiger charge is 2.47. The molecule has 1 aliphatic heterocycles. The minimum Gasteiger partial charge on any atom is -0.368 e. The second-order valence-electron chi connectivity index (χ2n) is 8.51. The van der Waals surface area contributed by atoms with Crippen LogP contribution in [0.25, 0.3) is 5.52 Å². The van der Waals surface area contributed by atoms with E-state index in [2.05, 4.69) is 51.5 Å². The van der Waals surface area contributed by atoms with Gasteiger partial charge in [0, 0.05) is 42.1 Å². The molecule has 2 aromatic heterocycles. The van der Waals surface area contributed by atoms with Gasteiger partial charge in [-0.2, -0.15) is 14.8 Å². The molecule has 2 fully saturated rings. The maximum Gasteiger partial charge on any atom is 0.252 e. The summed E-state index contributed by atoms with van der Waals surface area (Å²) in [6.45, 7) is 3.99. The lowest BCUT2D eigenvalue weighted by Crippen LogP contribution is -2.57. The monoisotopic (exact) mass is 390 g/mol. The van der Waals surface area contributed by atoms with E-state index in [1.807, 2.05) is 25.1 Å². The predicted octanol–water partition coefficient (Wildman–Crippen LogP) is 2.21. The third-order valence-electron chi connectivity index (χ3n) is 6.36. The molecule has 0 bridgehead atoms. The Labute approximate surface area is 170 Å². The van der Waals surface area contributed by atoms with Gasteiger partial charge in [0.05, 0.1) is 17.3 Å². The van der Waals surface area contributed by atoms with Gasteiger partial charge in [0.2, 0.25) is 0 Å². The van der Waals surface area contributed by atoms with Gasteiger partial charge in [-0.15, -0.1) is 0 Å². The first-order chi connectivity index (χ1) is 14.0. The Morgan fingerprint density at radius 2 is 1.86 bits per heavy atom. The summed E-state index contributed by atoms with van der Waals surface area (Å²) in [4.78, 5) is 17.8. The van der Waals surface area contributed by atoms with E-state index < -0.39 is 0 Å². The average molecular weight is 390 g/mol. The van der Waals surface area contributed by atoms with E-state index >= 15 is 0 Å². The fourth-order valence-corrected chi connectivity index (χ4v) is 4.16. The Hall–Kier alpha value is -2.93. The Balaban J connectivity index is 1.39. The fraction of sp³-hybridized carbons (Fsp3) is 0.409. The van der Waals surface area contributed by atoms with Crippen LogP contribution in [0.3, 0.4) is 0 Å². The van der Waals surface area contributed by atoms with Crippen LogP contribution in [0.15, 0.2) is 42.7 Å². The SMILES string of the molecule is Cc1ccc(N2CC(N(C)C)C2)cc1C(=O)NC1(c2ccnn3nccc23)CC1. The summed E-state index contributed by atoms with van der Waals surface area (Å²) in [5.41, 5.74) is 4.58. The maximum atomic E-state index is 13.2. The number of rotatable bonds is 5. The van der Waals surface area contributed by atoms with Gasteiger partial charge in [-0.25, -0.2) is 0 Å². The molecule has 1 N–H and O–H groups in total. The van der Waals surface area contributed by atoms with Crippen LogP contribution in [0.5, 0.6) is 0 Å². The zero-order valence-electron chi connectivity index (χ0n) is 17.1. The molecule has 0 radical (unpaired) electrons. The molecule has 1 saturated carbocycles. The molecule has 3 aromatic rings. The van der Waals surface area contributed by atoms with Crippen molar-refractivity contribution < 1.29 is 4.79 Å². The molecule has 5 rings (SSSR count). The van der Waals surface area contributed by atoms with Crippen molar-refractivity contribution in [3.63, 3.8) is 0 Å². The molecule has 29 heavy (non-hydrogen) atoms. The lowest BCUT2D eigenvalue weighted by molar-refractivity contribution is 0.0930. The molecular formula is C22H26N6O. The van der Waals surface area contributed by atoms with Gasteiger partial charge in [0.1, 0.15) is 0 Å². The Morgan fingerprint density at radius 1 is 1.14 bits per heavy atom. The highest BCUT2D eigenvalue weighted by molar-refractivity contribution is 5.97. The van der Waals surface area contributed by atoms with Crippen molar-refractivity contribution in [3.8, 4) is 0 Å². The van der Waals surface area contributed by atoms with E-state index in [9.17, 15) is 4.79 Å². The van der Waals surface area contributed by atoms with Crippen LogP contribution in [0.2, 0.25) is 0 Å². The number of hydrogen-bond acceptors (Lipinski definition) is 5. The number of nitrogens with zero attached hydrogens (tertiary/aromatic N) is 5. The minimum atomic E-state index is -0.323. The van der Waals surface area contributed by atoms with Crippen LogP contribution < -0.4 is 10.2 Å². The second-order valence-corrected chi connectivity index (χ2v) is 8.51. The highest BCUT2D eigenvalue weighted by atomic mass is 16.1. The quantitative estimate of drug-likeness (QED) is 0.724. The van der Waals surface area contributed by atoms with Crippen LogP contribution >= 0.6 is 0 Å². The van der Waals surface area contributed by atoms with Crippen molar-refractivity contribution in [2.24, 2.45) is 0 Å². The second kappa shape index (κ2) is 6.56. The molecule has 1 aliphatic carbocycles. The van der Waals surface area contributed by atoms with Crippen molar-refractivity contribution in [3.05, 3.63) is 59.4 Å². The van der Waals surface area contributed by atoms with E-state index in [1.165, 1.54) is 0 Å². The number of benzene rings is 1. The molecule has 7 heteroatoms. The highest BCUT2D eigenvalue weighted by Crippen LogP contribution is 2.47. The smallest absolute Gasteiger partial charge is 0.252 e. The number of likely N-dealkylation sites (N-methyl/N-ethyl adjacent to an activating group) is 1. The van der Waals surface area contributed by atoms with Crippen molar-refractivity contribution in [1.82, 2.24) is 25.0 Å². The molecule has 0 atom stereocenters. The van der Waals surface area contributed by atoms with Crippen molar-refractivity contribution >= 4 is 17.1 Å². The van der Waals surface area contributed by atoms with Gasteiger partial charge in [0.15, 0.2) is 0 Å². The number of fused-ring (bicyclic) bond motifs is 1. The van der Waals surface area contributed by atoms with E-state index in [0.717, 1.165) is 53.8 Å². The number of nitrogens with one attached hydrogen (secondary N) is 1. The number of aromatic nitrogens is 3. The van der Waals surface area contributed by atoms with Crippen LogP contribution in [0, 0.1) is 6.92 Å². The number of anilines is 1. The van der Waals surface area contributed by atoms with E-state index in [4.69, 9.17) is 0 Å². The van der Waals surface area contributed by atoms with Crippen molar-refractivity contribution in [2.75, 3.05) is 32.1 Å². The summed E-state index contributed by atoms with van der Waals surface area (Å²) in [7, 11) is 4.23. The summed E-state index contributed by atoms with van der Waals surface area (Å²) < 4.78 is 1.62. The van der Waals surface area contributed by atoms with Gasteiger partial charge in [0.25, 0.3) is 5.91 Å². The van der Waals surface area contributed by atoms with Gasteiger partial charge in [-0.1, -0.05) is 6.07 Å². The van der Waals surface area contributed by atoms with E-state index in [1.54, 1.807) is 17.0 Å². The lowest BCUT2D eigenvalue weighted by atomic mass is 10.0. The van der Waals surface area contributed by atoms with Crippen molar-refractivity contribution in [1.29, 1.82) is 0 Å². The first kappa shape index (κ1) is 18.1. The number of aryl methyl sites for hydroxylation is 1. The summed E-state index contributed by atoms with van der Waals surface area (Å²) in [5, 5.41) is 11.8. The third kappa shape index (κ3) is 3.06. The summed E-state index contributed by atoms with van der Waals surface area (Å²) in [6, 6.07) is 10.7. The molecule has 2 aliphatic rings. The summed E-state index contributed by atoms with van der Waals surface area (Å²) >= 11 is 0. The van der Waals surface area contributed by atoms with Crippen LogP contribution in [0.4, 0.5) is 5.69 Å². The Morgan fingerprint density at radius 3 is 2.55 bits per heavy atom. The predicted molar refractivity (Wildman–Crippen MR) is 112 cm³/mol. The summed E-state index contributed by atoms with van der Waals surface area (Å²) in [5.74, 6) is -0.0130. The zero-order valence-corrected chi connectivity index (χ0v) is 17.1. The first-order valence-electron chi connectivity index (χ1n) is 10.1. The van der Waals surface area contributed by atoms with Crippen molar-refractivity contribution in [2.45, 2.75) is 31.3 Å². The summed E-state index contributed by atoms with van der Waals surface area (Å²) in [6.07, 6.45) is 5.35. The molecule has 1 saturated heterocycles. The number of hydrogen-bond donors (Lipinski definition) is 1. The molecule has 0 unspecified atom stereocenters. The number of carbonyl (C=O) groups is 1. The van der Waals surface area contributed by atoms with Gasteiger partial charge < -0.3 is 15.1 Å². The third-order valence-corrected chi connectivity index (χ3v) is 6.36. The molecule has 0 spiro atoms. The zero-order chi connectivity index (χ0) is 20.2. The number of amides is 1. The molecule has 7 nitrogen and oxygen atoms in total. The largest absolute Gasteiger partial charge is 0.368 e. The van der Waals surface area contributed by atoms with E-state index in [0.29, 0.717) is 6.04 Å². The Kier molecular flexibility index (Phi) is 4.10. The first-order valence-corrected chi connectivity index (χ1v) is 10.1.